The Hall–Kier alpha value is -1.47. The first-order chi connectivity index (χ1) is 8.27. The van der Waals surface area contributed by atoms with E-state index in [1.165, 1.54) is 6.08 Å². The zero-order valence-electron chi connectivity index (χ0n) is 9.78. The Balaban J connectivity index is 3.16. The number of nitrogen functional groups attached to an aromatic ring is 1. The highest BCUT2D eigenvalue weighted by atomic mass is 32.2. The molecule has 0 aromatic heterocycles. The van der Waals surface area contributed by atoms with Crippen molar-refractivity contribution < 1.29 is 17.2 Å². The smallest absolute Gasteiger partial charge is 0.243 e. The van der Waals surface area contributed by atoms with Crippen LogP contribution in [0.15, 0.2) is 29.7 Å². The zero-order valence-corrected chi connectivity index (χ0v) is 10.6. The summed E-state index contributed by atoms with van der Waals surface area (Å²) in [4.78, 5) is -0.795. The standard InChI is InChI=1S/C11H14F2N2O2S/c1-3-4-7(2)15-18(16,17)10-6-8(14)5-9(12)11(10)13/h3,5-7,15H,1,4,14H2,2H3. The molecule has 0 spiro atoms. The lowest BCUT2D eigenvalue weighted by molar-refractivity contribution is 0.482. The quantitative estimate of drug-likeness (QED) is 0.636. The summed E-state index contributed by atoms with van der Waals surface area (Å²) in [7, 11) is -4.15. The molecule has 4 nitrogen and oxygen atoms in total. The Bertz CT molecular complexity index is 558. The second-order valence-corrected chi connectivity index (χ2v) is 5.54. The zero-order chi connectivity index (χ0) is 13.9. The number of benzene rings is 1. The highest BCUT2D eigenvalue weighted by Crippen LogP contribution is 2.21. The van der Waals surface area contributed by atoms with Crippen LogP contribution in [-0.2, 0) is 10.0 Å². The molecule has 7 heteroatoms. The van der Waals surface area contributed by atoms with E-state index in [2.05, 4.69) is 11.3 Å². The molecule has 1 unspecified atom stereocenters. The summed E-state index contributed by atoms with van der Waals surface area (Å²) in [5.74, 6) is -2.74. The van der Waals surface area contributed by atoms with Crippen molar-refractivity contribution in [3.63, 3.8) is 0 Å². The van der Waals surface area contributed by atoms with Crippen molar-refractivity contribution in [3.8, 4) is 0 Å². The molecule has 3 N–H and O–H groups in total. The number of hydrogen-bond donors (Lipinski definition) is 2. The molecule has 1 atom stereocenters. The minimum Gasteiger partial charge on any atom is -0.399 e. The fourth-order valence-corrected chi connectivity index (χ4v) is 2.78. The van der Waals surface area contributed by atoms with Crippen LogP contribution in [0.1, 0.15) is 13.3 Å². The second kappa shape index (κ2) is 5.45. The molecule has 0 fully saturated rings. The molecule has 0 aliphatic carbocycles. The van der Waals surface area contributed by atoms with Gasteiger partial charge in [-0.15, -0.1) is 6.58 Å². The Morgan fingerprint density at radius 3 is 2.67 bits per heavy atom. The maximum absolute atomic E-state index is 13.4. The topological polar surface area (TPSA) is 72.2 Å². The fourth-order valence-electron chi connectivity index (χ4n) is 1.41. The Morgan fingerprint density at radius 1 is 1.50 bits per heavy atom. The van der Waals surface area contributed by atoms with Gasteiger partial charge in [0.2, 0.25) is 10.0 Å². The van der Waals surface area contributed by atoms with Crippen LogP contribution in [0.3, 0.4) is 0 Å². The van der Waals surface area contributed by atoms with Crippen LogP contribution in [0.2, 0.25) is 0 Å². The third kappa shape index (κ3) is 3.27. The molecule has 0 bridgehead atoms. The summed E-state index contributed by atoms with van der Waals surface area (Å²) in [5, 5.41) is 0. The summed E-state index contributed by atoms with van der Waals surface area (Å²) >= 11 is 0. The average Bonchev–Trinajstić information content (AvgIpc) is 2.22. The monoisotopic (exact) mass is 276 g/mol. The van der Waals surface area contributed by atoms with Gasteiger partial charge in [-0.05, 0) is 25.5 Å². The van der Waals surface area contributed by atoms with E-state index in [-0.39, 0.29) is 5.69 Å². The minimum absolute atomic E-state index is 0.161. The Kier molecular flexibility index (Phi) is 4.42. The second-order valence-electron chi connectivity index (χ2n) is 3.86. The predicted octanol–water partition coefficient (Wildman–Crippen LogP) is 1.79. The third-order valence-corrected chi connectivity index (χ3v) is 3.77. The fraction of sp³-hybridized carbons (Fsp3) is 0.273. The number of rotatable bonds is 5. The van der Waals surface area contributed by atoms with E-state index >= 15 is 0 Å². The van der Waals surface area contributed by atoms with Crippen molar-refractivity contribution in [2.75, 3.05) is 5.73 Å². The summed E-state index contributed by atoms with van der Waals surface area (Å²) in [6.45, 7) is 5.04. The maximum atomic E-state index is 13.4. The molecule has 100 valence electrons. The molecule has 0 aliphatic heterocycles. The molecular weight excluding hydrogens is 262 g/mol. The Morgan fingerprint density at radius 2 is 2.11 bits per heavy atom. The summed E-state index contributed by atoms with van der Waals surface area (Å²) in [6, 6.07) is 1.12. The first-order valence-electron chi connectivity index (χ1n) is 5.15. The van der Waals surface area contributed by atoms with Gasteiger partial charge in [0.1, 0.15) is 4.90 Å². The SMILES string of the molecule is C=CCC(C)NS(=O)(=O)c1cc(N)cc(F)c1F. The lowest BCUT2D eigenvalue weighted by atomic mass is 10.3. The van der Waals surface area contributed by atoms with Crippen LogP contribution in [0.25, 0.3) is 0 Å². The summed E-state index contributed by atoms with van der Waals surface area (Å²) in [5.41, 5.74) is 5.14. The molecule has 0 saturated carbocycles. The van der Waals surface area contributed by atoms with E-state index in [4.69, 9.17) is 5.73 Å². The molecular formula is C11H14F2N2O2S. The molecule has 0 saturated heterocycles. The van der Waals surface area contributed by atoms with Gasteiger partial charge < -0.3 is 5.73 Å². The van der Waals surface area contributed by atoms with E-state index in [1.54, 1.807) is 6.92 Å². The molecule has 1 aromatic rings. The van der Waals surface area contributed by atoms with Gasteiger partial charge in [0, 0.05) is 11.7 Å². The van der Waals surface area contributed by atoms with E-state index in [1.807, 2.05) is 0 Å². The van der Waals surface area contributed by atoms with E-state index in [0.29, 0.717) is 6.42 Å². The molecule has 0 aliphatic rings. The highest BCUT2D eigenvalue weighted by molar-refractivity contribution is 7.89. The first-order valence-corrected chi connectivity index (χ1v) is 6.64. The van der Waals surface area contributed by atoms with Crippen LogP contribution >= 0.6 is 0 Å². The van der Waals surface area contributed by atoms with Gasteiger partial charge in [0.15, 0.2) is 11.6 Å². The summed E-state index contributed by atoms with van der Waals surface area (Å²) < 4.78 is 52.4. The normalized spacial score (nSPS) is 13.3. The van der Waals surface area contributed by atoms with Gasteiger partial charge >= 0.3 is 0 Å². The van der Waals surface area contributed by atoms with Gasteiger partial charge in [-0.25, -0.2) is 21.9 Å². The highest BCUT2D eigenvalue weighted by Gasteiger charge is 2.23. The van der Waals surface area contributed by atoms with Crippen molar-refractivity contribution in [1.29, 1.82) is 0 Å². The van der Waals surface area contributed by atoms with Crippen LogP contribution in [-0.4, -0.2) is 14.5 Å². The largest absolute Gasteiger partial charge is 0.399 e. The number of anilines is 1. The lowest BCUT2D eigenvalue weighted by Gasteiger charge is -2.13. The number of sulfonamides is 1. The van der Waals surface area contributed by atoms with Crippen LogP contribution in [0.4, 0.5) is 14.5 Å². The van der Waals surface area contributed by atoms with Gasteiger partial charge in [0.05, 0.1) is 0 Å². The van der Waals surface area contributed by atoms with Gasteiger partial charge in [-0.1, -0.05) is 6.08 Å². The first kappa shape index (κ1) is 14.6. The Labute approximate surface area is 105 Å². The van der Waals surface area contributed by atoms with Crippen LogP contribution in [0, 0.1) is 11.6 Å². The third-order valence-electron chi connectivity index (χ3n) is 2.18. The molecule has 1 rings (SSSR count). The van der Waals surface area contributed by atoms with Gasteiger partial charge in [-0.2, -0.15) is 0 Å². The van der Waals surface area contributed by atoms with Crippen molar-refractivity contribution in [2.45, 2.75) is 24.3 Å². The number of nitrogens with two attached hydrogens (primary N) is 1. The average molecular weight is 276 g/mol. The molecule has 1 aromatic carbocycles. The van der Waals surface area contributed by atoms with Gasteiger partial charge in [0.25, 0.3) is 0 Å². The molecule has 0 heterocycles. The van der Waals surface area contributed by atoms with Gasteiger partial charge in [-0.3, -0.25) is 0 Å². The lowest BCUT2D eigenvalue weighted by Crippen LogP contribution is -2.33. The molecule has 18 heavy (non-hydrogen) atoms. The number of nitrogens with one attached hydrogen (secondary N) is 1. The van der Waals surface area contributed by atoms with Crippen molar-refractivity contribution >= 4 is 15.7 Å². The minimum atomic E-state index is -4.15. The predicted molar refractivity (Wildman–Crippen MR) is 65.4 cm³/mol. The van der Waals surface area contributed by atoms with Crippen molar-refractivity contribution in [2.24, 2.45) is 0 Å². The van der Waals surface area contributed by atoms with E-state index < -0.39 is 32.6 Å². The van der Waals surface area contributed by atoms with Crippen LogP contribution in [0.5, 0.6) is 0 Å². The summed E-state index contributed by atoms with van der Waals surface area (Å²) in [6.07, 6.45) is 1.88. The van der Waals surface area contributed by atoms with Crippen molar-refractivity contribution in [1.82, 2.24) is 4.72 Å². The maximum Gasteiger partial charge on any atom is 0.243 e. The number of halogens is 2. The van der Waals surface area contributed by atoms with E-state index in [9.17, 15) is 17.2 Å². The number of hydrogen-bond acceptors (Lipinski definition) is 3. The molecule has 0 amide bonds. The molecule has 0 radical (unpaired) electrons. The van der Waals surface area contributed by atoms with Crippen molar-refractivity contribution in [3.05, 3.63) is 36.4 Å². The van der Waals surface area contributed by atoms with E-state index in [0.717, 1.165) is 12.1 Å². The van der Waals surface area contributed by atoms with Crippen LogP contribution < -0.4 is 10.5 Å².